The zero-order chi connectivity index (χ0) is 11.2. The molecule has 1 aliphatic heterocycles. The molecular formula is C12H9N3S2. The first-order valence-corrected chi connectivity index (χ1v) is 7.24. The second-order valence-corrected chi connectivity index (χ2v) is 6.23. The molecule has 1 saturated heterocycles. The van der Waals surface area contributed by atoms with E-state index in [4.69, 9.17) is 0 Å². The lowest BCUT2D eigenvalue weighted by molar-refractivity contribution is 0.637. The summed E-state index contributed by atoms with van der Waals surface area (Å²) in [5.74, 6) is 0. The fraction of sp³-hybridized carbons (Fsp3) is 0.167. The van der Waals surface area contributed by atoms with Gasteiger partial charge < -0.3 is 0 Å². The van der Waals surface area contributed by atoms with Crippen molar-refractivity contribution < 1.29 is 0 Å². The molecule has 3 nitrogen and oxygen atoms in total. The van der Waals surface area contributed by atoms with Gasteiger partial charge in [0.1, 0.15) is 10.9 Å². The molecule has 5 heteroatoms. The smallest absolute Gasteiger partial charge is 0.117 e. The molecule has 84 valence electrons. The molecule has 4 rings (SSSR count). The van der Waals surface area contributed by atoms with E-state index in [0.29, 0.717) is 10.6 Å². The Hall–Kier alpha value is -1.33. The molecule has 0 spiro atoms. The molecule has 1 fully saturated rings. The molecule has 0 amide bonds. The maximum Gasteiger partial charge on any atom is 0.117 e. The first kappa shape index (κ1) is 9.67. The van der Waals surface area contributed by atoms with Crippen LogP contribution < -0.4 is 0 Å². The number of aromatic nitrogens is 3. The van der Waals surface area contributed by atoms with E-state index in [1.807, 2.05) is 46.0 Å². The first-order valence-electron chi connectivity index (χ1n) is 5.42. The van der Waals surface area contributed by atoms with Crippen molar-refractivity contribution in [3.8, 4) is 0 Å². The highest BCUT2D eigenvalue weighted by Gasteiger charge is 2.43. The van der Waals surface area contributed by atoms with Crippen molar-refractivity contribution in [2.45, 2.75) is 10.6 Å². The minimum Gasteiger partial charge on any atom is -0.230 e. The second-order valence-electron chi connectivity index (χ2n) is 3.99. The van der Waals surface area contributed by atoms with Crippen LogP contribution in [0.3, 0.4) is 0 Å². The Morgan fingerprint density at radius 3 is 2.94 bits per heavy atom. The van der Waals surface area contributed by atoms with Gasteiger partial charge in [0, 0.05) is 4.88 Å². The largest absolute Gasteiger partial charge is 0.230 e. The van der Waals surface area contributed by atoms with Gasteiger partial charge in [0.05, 0.1) is 10.8 Å². The highest BCUT2D eigenvalue weighted by molar-refractivity contribution is 8.06. The van der Waals surface area contributed by atoms with Crippen LogP contribution in [0.4, 0.5) is 0 Å². The number of benzene rings is 1. The molecule has 3 heterocycles. The third-order valence-corrected chi connectivity index (χ3v) is 5.26. The van der Waals surface area contributed by atoms with Gasteiger partial charge in [0.2, 0.25) is 0 Å². The summed E-state index contributed by atoms with van der Waals surface area (Å²) < 4.78 is 2.05. The molecular weight excluding hydrogens is 250 g/mol. The number of hydrogen-bond acceptors (Lipinski definition) is 4. The van der Waals surface area contributed by atoms with Gasteiger partial charge in [-0.25, -0.2) is 4.68 Å². The van der Waals surface area contributed by atoms with Gasteiger partial charge in [-0.3, -0.25) is 0 Å². The summed E-state index contributed by atoms with van der Waals surface area (Å²) in [6.07, 6.45) is 0. The van der Waals surface area contributed by atoms with E-state index in [-0.39, 0.29) is 0 Å². The third-order valence-electron chi connectivity index (χ3n) is 2.91. The molecule has 0 radical (unpaired) electrons. The van der Waals surface area contributed by atoms with Crippen molar-refractivity contribution in [1.82, 2.24) is 15.0 Å². The summed E-state index contributed by atoms with van der Waals surface area (Å²) >= 11 is 3.76. The maximum absolute atomic E-state index is 4.27. The Labute approximate surface area is 106 Å². The van der Waals surface area contributed by atoms with E-state index in [1.165, 1.54) is 4.88 Å². The van der Waals surface area contributed by atoms with Crippen molar-refractivity contribution in [2.24, 2.45) is 0 Å². The number of thiophene rings is 1. The standard InChI is InChI=1S/C12H9N3S2/c1-2-5-9-8(4-1)13-14-15(9)12-11(17-12)10-6-3-7-16-10/h1-7,11-12H. The molecule has 1 aliphatic rings. The molecule has 2 unspecified atom stereocenters. The Balaban J connectivity index is 1.73. The molecule has 0 N–H and O–H groups in total. The zero-order valence-electron chi connectivity index (χ0n) is 8.85. The molecule has 0 bridgehead atoms. The molecule has 2 atom stereocenters. The van der Waals surface area contributed by atoms with Gasteiger partial charge >= 0.3 is 0 Å². The van der Waals surface area contributed by atoms with Crippen LogP contribution in [0.25, 0.3) is 11.0 Å². The lowest BCUT2D eigenvalue weighted by Crippen LogP contribution is -1.97. The highest BCUT2D eigenvalue weighted by atomic mass is 32.2. The van der Waals surface area contributed by atoms with Crippen LogP contribution in [0.1, 0.15) is 15.5 Å². The van der Waals surface area contributed by atoms with Gasteiger partial charge in [-0.05, 0) is 23.6 Å². The topological polar surface area (TPSA) is 30.7 Å². The lowest BCUT2D eigenvalue weighted by atomic mass is 10.3. The number of hydrogen-bond donors (Lipinski definition) is 0. The Bertz CT molecular complexity index is 659. The van der Waals surface area contributed by atoms with E-state index in [0.717, 1.165) is 11.0 Å². The SMILES string of the molecule is c1csc(C2SC2n2nnc3ccccc32)c1. The van der Waals surface area contributed by atoms with Crippen molar-refractivity contribution in [3.05, 3.63) is 46.7 Å². The molecule has 0 aliphatic carbocycles. The van der Waals surface area contributed by atoms with Crippen molar-refractivity contribution in [3.63, 3.8) is 0 Å². The summed E-state index contributed by atoms with van der Waals surface area (Å²) in [6.45, 7) is 0. The predicted molar refractivity (Wildman–Crippen MR) is 71.2 cm³/mol. The minimum absolute atomic E-state index is 0.418. The van der Waals surface area contributed by atoms with Crippen molar-refractivity contribution in [1.29, 1.82) is 0 Å². The average molecular weight is 259 g/mol. The average Bonchev–Trinajstić information content (AvgIpc) is 2.83. The Morgan fingerprint density at radius 1 is 1.12 bits per heavy atom. The summed E-state index contributed by atoms with van der Waals surface area (Å²) in [7, 11) is 0. The number of para-hydroxylation sites is 1. The zero-order valence-corrected chi connectivity index (χ0v) is 10.5. The van der Waals surface area contributed by atoms with Gasteiger partial charge in [-0.1, -0.05) is 23.4 Å². The number of fused-ring (bicyclic) bond motifs is 1. The number of nitrogens with zero attached hydrogens (tertiary/aromatic N) is 3. The summed E-state index contributed by atoms with van der Waals surface area (Å²) in [5.41, 5.74) is 2.11. The van der Waals surface area contributed by atoms with Crippen LogP contribution in [0, 0.1) is 0 Å². The fourth-order valence-corrected chi connectivity index (χ4v) is 4.14. The van der Waals surface area contributed by atoms with Crippen LogP contribution in [-0.2, 0) is 0 Å². The van der Waals surface area contributed by atoms with Crippen molar-refractivity contribution >= 4 is 34.1 Å². The Kier molecular flexibility index (Phi) is 2.04. The van der Waals surface area contributed by atoms with Crippen LogP contribution in [0.5, 0.6) is 0 Å². The molecule has 17 heavy (non-hydrogen) atoms. The molecule has 1 aromatic carbocycles. The number of rotatable bonds is 2. The van der Waals surface area contributed by atoms with Crippen LogP contribution in [0.15, 0.2) is 41.8 Å². The van der Waals surface area contributed by atoms with E-state index >= 15 is 0 Å². The van der Waals surface area contributed by atoms with E-state index in [9.17, 15) is 0 Å². The van der Waals surface area contributed by atoms with Crippen LogP contribution in [-0.4, -0.2) is 15.0 Å². The molecule has 3 aromatic rings. The van der Waals surface area contributed by atoms with Gasteiger partial charge in [0.25, 0.3) is 0 Å². The summed E-state index contributed by atoms with van der Waals surface area (Å²) in [6, 6.07) is 12.4. The van der Waals surface area contributed by atoms with E-state index in [2.05, 4.69) is 33.9 Å². The third kappa shape index (κ3) is 1.50. The van der Waals surface area contributed by atoms with Gasteiger partial charge in [-0.2, -0.15) is 0 Å². The quantitative estimate of drug-likeness (QED) is 0.660. The Morgan fingerprint density at radius 2 is 2.06 bits per heavy atom. The molecule has 2 aromatic heterocycles. The fourth-order valence-electron chi connectivity index (χ4n) is 2.03. The van der Waals surface area contributed by atoms with Gasteiger partial charge in [0.15, 0.2) is 0 Å². The van der Waals surface area contributed by atoms with Crippen LogP contribution >= 0.6 is 23.1 Å². The normalized spacial score (nSPS) is 23.1. The second kappa shape index (κ2) is 3.58. The maximum atomic E-state index is 4.27. The van der Waals surface area contributed by atoms with E-state index in [1.54, 1.807) is 0 Å². The van der Waals surface area contributed by atoms with Crippen LogP contribution in [0.2, 0.25) is 0 Å². The van der Waals surface area contributed by atoms with Gasteiger partial charge in [-0.15, -0.1) is 28.2 Å². The monoisotopic (exact) mass is 259 g/mol. The first-order chi connectivity index (χ1) is 8.43. The van der Waals surface area contributed by atoms with E-state index < -0.39 is 0 Å². The van der Waals surface area contributed by atoms with Crippen molar-refractivity contribution in [2.75, 3.05) is 0 Å². The number of thioether (sulfide) groups is 1. The summed E-state index contributed by atoms with van der Waals surface area (Å²) in [5, 5.41) is 11.6. The lowest BCUT2D eigenvalue weighted by Gasteiger charge is -1.97. The highest BCUT2D eigenvalue weighted by Crippen LogP contribution is 2.64. The minimum atomic E-state index is 0.418. The predicted octanol–water partition coefficient (Wildman–Crippen LogP) is 3.48. The summed E-state index contributed by atoms with van der Waals surface area (Å²) in [4.78, 5) is 1.43. The molecule has 0 saturated carbocycles.